The van der Waals surface area contributed by atoms with E-state index in [-0.39, 0.29) is 17.0 Å². The van der Waals surface area contributed by atoms with Gasteiger partial charge in [0.2, 0.25) is 0 Å². The first-order valence-electron chi connectivity index (χ1n) is 9.74. The van der Waals surface area contributed by atoms with Crippen LogP contribution in [0.5, 0.6) is 5.75 Å². The average Bonchev–Trinajstić information content (AvgIpc) is 2.59. The first-order valence-corrected chi connectivity index (χ1v) is 9.74. The van der Waals surface area contributed by atoms with E-state index in [1.54, 1.807) is 0 Å². The molecule has 1 N–H and O–H groups in total. The van der Waals surface area contributed by atoms with E-state index in [1.165, 1.54) is 45.4 Å². The first kappa shape index (κ1) is 18.3. The van der Waals surface area contributed by atoms with Crippen LogP contribution in [0.3, 0.4) is 0 Å². The van der Waals surface area contributed by atoms with E-state index in [2.05, 4.69) is 5.32 Å². The van der Waals surface area contributed by atoms with Crippen LogP contribution in [0.4, 0.5) is 4.39 Å². The van der Waals surface area contributed by atoms with Gasteiger partial charge in [0.25, 0.3) is 5.91 Å². The number of hydrogen-bond acceptors (Lipinski definition) is 4. The summed E-state index contributed by atoms with van der Waals surface area (Å²) in [6, 6.07) is 3.91. The lowest BCUT2D eigenvalue weighted by Crippen LogP contribution is -2.61. The molecule has 1 aromatic carbocycles. The van der Waals surface area contributed by atoms with Gasteiger partial charge >= 0.3 is 5.97 Å². The van der Waals surface area contributed by atoms with Gasteiger partial charge < -0.3 is 14.8 Å². The van der Waals surface area contributed by atoms with Crippen LogP contribution in [-0.2, 0) is 9.53 Å². The molecule has 1 aromatic rings. The number of nitrogens with one attached hydrogen (secondary N) is 1. The van der Waals surface area contributed by atoms with Gasteiger partial charge in [-0.1, -0.05) is 0 Å². The van der Waals surface area contributed by atoms with Gasteiger partial charge in [0.15, 0.2) is 6.10 Å². The number of benzene rings is 1. The zero-order valence-electron chi connectivity index (χ0n) is 15.8. The summed E-state index contributed by atoms with van der Waals surface area (Å²) in [5.41, 5.74) is -0.344. The van der Waals surface area contributed by atoms with Crippen LogP contribution in [-0.4, -0.2) is 30.6 Å². The molecule has 6 heteroatoms. The molecule has 4 bridgehead atoms. The van der Waals surface area contributed by atoms with Crippen molar-refractivity contribution in [3.05, 3.63) is 29.6 Å². The highest BCUT2D eigenvalue weighted by atomic mass is 19.1. The Kier molecular flexibility index (Phi) is 4.60. The minimum atomic E-state index is -0.966. The lowest BCUT2D eigenvalue weighted by atomic mass is 9.53. The van der Waals surface area contributed by atoms with Crippen LogP contribution >= 0.6 is 0 Å². The number of rotatable bonds is 5. The van der Waals surface area contributed by atoms with Crippen molar-refractivity contribution >= 4 is 11.9 Å². The van der Waals surface area contributed by atoms with Crippen molar-refractivity contribution in [1.29, 1.82) is 0 Å². The second-order valence-corrected chi connectivity index (χ2v) is 8.58. The molecule has 4 saturated carbocycles. The van der Waals surface area contributed by atoms with Crippen molar-refractivity contribution in [2.45, 2.75) is 57.1 Å². The van der Waals surface area contributed by atoms with Gasteiger partial charge in [-0.25, -0.2) is 9.18 Å². The lowest BCUT2D eigenvalue weighted by molar-refractivity contribution is -0.134. The van der Waals surface area contributed by atoms with E-state index in [4.69, 9.17) is 9.47 Å². The summed E-state index contributed by atoms with van der Waals surface area (Å²) in [5.74, 6) is 0.584. The fourth-order valence-electron chi connectivity index (χ4n) is 5.69. The van der Waals surface area contributed by atoms with Crippen LogP contribution < -0.4 is 10.1 Å². The molecule has 1 atom stereocenters. The molecular weight excluding hydrogens is 349 g/mol. The van der Waals surface area contributed by atoms with Crippen molar-refractivity contribution < 1.29 is 23.5 Å². The van der Waals surface area contributed by atoms with Gasteiger partial charge in [-0.2, -0.15) is 0 Å². The third kappa shape index (κ3) is 3.54. The molecule has 0 aliphatic heterocycles. The Bertz CT molecular complexity index is 727. The van der Waals surface area contributed by atoms with Gasteiger partial charge in [-0.05, 0) is 75.3 Å². The molecule has 0 radical (unpaired) electrons. The molecule has 27 heavy (non-hydrogen) atoms. The van der Waals surface area contributed by atoms with E-state index in [1.807, 2.05) is 0 Å². The molecule has 0 aromatic heterocycles. The summed E-state index contributed by atoms with van der Waals surface area (Å²) in [7, 11) is 1.42. The largest absolute Gasteiger partial charge is 0.497 e. The van der Waals surface area contributed by atoms with Crippen molar-refractivity contribution in [3.8, 4) is 5.75 Å². The molecular formula is C21H26FNO4. The minimum absolute atomic E-state index is 0.141. The quantitative estimate of drug-likeness (QED) is 0.801. The molecule has 0 unspecified atom stereocenters. The van der Waals surface area contributed by atoms with Gasteiger partial charge in [-0.15, -0.1) is 0 Å². The van der Waals surface area contributed by atoms with Crippen molar-refractivity contribution in [3.63, 3.8) is 0 Å². The highest BCUT2D eigenvalue weighted by molar-refractivity contribution is 5.92. The Balaban J connectivity index is 1.39. The number of esters is 1. The van der Waals surface area contributed by atoms with Gasteiger partial charge in [0.1, 0.15) is 11.6 Å². The second-order valence-electron chi connectivity index (χ2n) is 8.58. The predicted molar refractivity (Wildman–Crippen MR) is 96.9 cm³/mol. The van der Waals surface area contributed by atoms with Gasteiger partial charge in [-0.3, -0.25) is 4.79 Å². The summed E-state index contributed by atoms with van der Waals surface area (Å²) < 4.78 is 24.2. The third-order valence-electron chi connectivity index (χ3n) is 6.48. The highest BCUT2D eigenvalue weighted by Crippen LogP contribution is 2.55. The third-order valence-corrected chi connectivity index (χ3v) is 6.48. The molecule has 0 heterocycles. The fourth-order valence-corrected chi connectivity index (χ4v) is 5.69. The summed E-state index contributed by atoms with van der Waals surface area (Å²) >= 11 is 0. The topological polar surface area (TPSA) is 64.6 Å². The maximum absolute atomic E-state index is 14.0. The number of amides is 1. The number of halogens is 1. The Morgan fingerprint density at radius 1 is 1.15 bits per heavy atom. The van der Waals surface area contributed by atoms with Crippen molar-refractivity contribution in [2.24, 2.45) is 17.8 Å². The molecule has 4 fully saturated rings. The standard InChI is InChI=1S/C21H26FNO4/c1-12(27-20(25)17-4-3-16(26-2)8-18(17)22)19(24)23-21-9-13-5-14(10-21)7-15(6-13)11-21/h3-4,8,12-15H,5-7,9-11H2,1-2H3,(H,23,24)/t12-,13?,14?,15?,21?/m0/s1. The number of carbonyl (C=O) groups excluding carboxylic acids is 2. The Morgan fingerprint density at radius 3 is 2.26 bits per heavy atom. The van der Waals surface area contributed by atoms with E-state index >= 15 is 0 Å². The number of hydrogen-bond donors (Lipinski definition) is 1. The summed E-state index contributed by atoms with van der Waals surface area (Å²) in [5, 5.41) is 3.18. The fraction of sp³-hybridized carbons (Fsp3) is 0.619. The van der Waals surface area contributed by atoms with Crippen molar-refractivity contribution in [2.75, 3.05) is 7.11 Å². The molecule has 4 aliphatic carbocycles. The molecule has 0 spiro atoms. The van der Waals surface area contributed by atoms with Gasteiger partial charge in [0, 0.05) is 11.6 Å². The average molecular weight is 375 g/mol. The smallest absolute Gasteiger partial charge is 0.341 e. The zero-order valence-corrected chi connectivity index (χ0v) is 15.8. The van der Waals surface area contributed by atoms with Gasteiger partial charge in [0.05, 0.1) is 12.7 Å². The normalized spacial score (nSPS) is 32.0. The maximum atomic E-state index is 14.0. The van der Waals surface area contributed by atoms with Crippen LogP contribution in [0.1, 0.15) is 55.8 Å². The van der Waals surface area contributed by atoms with Crippen LogP contribution in [0, 0.1) is 23.6 Å². The van der Waals surface area contributed by atoms with E-state index in [0.29, 0.717) is 23.5 Å². The summed E-state index contributed by atoms with van der Waals surface area (Å²) in [6.45, 7) is 1.54. The van der Waals surface area contributed by atoms with E-state index in [9.17, 15) is 14.0 Å². The molecule has 5 nitrogen and oxygen atoms in total. The predicted octanol–water partition coefficient (Wildman–Crippen LogP) is 3.46. The monoisotopic (exact) mass is 375 g/mol. The second kappa shape index (κ2) is 6.80. The van der Waals surface area contributed by atoms with Crippen LogP contribution in [0.2, 0.25) is 0 Å². The molecule has 4 aliphatic rings. The summed E-state index contributed by atoms with van der Waals surface area (Å²) in [4.78, 5) is 24.9. The summed E-state index contributed by atoms with van der Waals surface area (Å²) in [6.07, 6.45) is 5.98. The maximum Gasteiger partial charge on any atom is 0.341 e. The zero-order chi connectivity index (χ0) is 19.2. The Morgan fingerprint density at radius 2 is 1.74 bits per heavy atom. The number of carbonyl (C=O) groups is 2. The highest BCUT2D eigenvalue weighted by Gasteiger charge is 2.51. The van der Waals surface area contributed by atoms with E-state index in [0.717, 1.165) is 25.3 Å². The Hall–Kier alpha value is -2.11. The molecule has 1 amide bonds. The minimum Gasteiger partial charge on any atom is -0.497 e. The lowest BCUT2D eigenvalue weighted by Gasteiger charge is -2.57. The van der Waals surface area contributed by atoms with Crippen LogP contribution in [0.15, 0.2) is 18.2 Å². The first-order chi connectivity index (χ1) is 12.9. The molecule has 146 valence electrons. The number of methoxy groups -OCH3 is 1. The van der Waals surface area contributed by atoms with E-state index < -0.39 is 17.9 Å². The number of ether oxygens (including phenoxy) is 2. The molecule has 5 rings (SSSR count). The van der Waals surface area contributed by atoms with Crippen LogP contribution in [0.25, 0.3) is 0 Å². The van der Waals surface area contributed by atoms with Crippen molar-refractivity contribution in [1.82, 2.24) is 5.32 Å². The molecule has 0 saturated heterocycles. The SMILES string of the molecule is COc1ccc(C(=O)O[C@@H](C)C(=O)NC23CC4CC(CC(C4)C2)C3)c(F)c1. The Labute approximate surface area is 158 Å².